The van der Waals surface area contributed by atoms with Gasteiger partial charge in [0.05, 0.1) is 18.7 Å². The molecular formula is C14H19N3O2. The quantitative estimate of drug-likeness (QED) is 0.823. The minimum Gasteiger partial charge on any atom is -0.467 e. The van der Waals surface area contributed by atoms with Crippen molar-refractivity contribution in [3.05, 3.63) is 23.4 Å². The van der Waals surface area contributed by atoms with Crippen molar-refractivity contribution < 1.29 is 9.53 Å². The molecule has 0 aliphatic carbocycles. The first-order valence-electron chi connectivity index (χ1n) is 6.19. The number of ether oxygens (including phenoxy) is 1. The fourth-order valence-corrected chi connectivity index (χ4v) is 1.81. The Hall–Kier alpha value is -2.09. The van der Waals surface area contributed by atoms with Crippen molar-refractivity contribution in [1.29, 1.82) is 5.26 Å². The molecule has 0 aliphatic heterocycles. The first kappa shape index (κ1) is 15.0. The number of methoxy groups -OCH3 is 1. The molecule has 0 spiro atoms. The second kappa shape index (κ2) is 6.74. The van der Waals surface area contributed by atoms with Crippen molar-refractivity contribution in [2.75, 3.05) is 12.4 Å². The summed E-state index contributed by atoms with van der Waals surface area (Å²) in [5, 5.41) is 12.0. The number of hydrogen-bond donors (Lipinski definition) is 1. The summed E-state index contributed by atoms with van der Waals surface area (Å²) >= 11 is 0. The molecule has 0 aliphatic rings. The number of hydrogen-bond acceptors (Lipinski definition) is 5. The van der Waals surface area contributed by atoms with Crippen molar-refractivity contribution in [3.8, 4) is 6.07 Å². The zero-order chi connectivity index (χ0) is 14.4. The van der Waals surface area contributed by atoms with Gasteiger partial charge in [-0.3, -0.25) is 0 Å². The Labute approximate surface area is 113 Å². The second-order valence-electron chi connectivity index (χ2n) is 4.84. The molecule has 102 valence electrons. The minimum absolute atomic E-state index is 0.324. The van der Waals surface area contributed by atoms with Crippen LogP contribution in [0.1, 0.15) is 31.5 Å². The number of nitriles is 1. The third-order valence-electron chi connectivity index (χ3n) is 2.60. The molecule has 5 nitrogen and oxygen atoms in total. The number of nitrogens with one attached hydrogen (secondary N) is 1. The Kier molecular flexibility index (Phi) is 5.31. The minimum atomic E-state index is -0.453. The highest BCUT2D eigenvalue weighted by atomic mass is 16.5. The first-order valence-corrected chi connectivity index (χ1v) is 6.19. The van der Waals surface area contributed by atoms with E-state index in [-0.39, 0.29) is 5.97 Å². The summed E-state index contributed by atoms with van der Waals surface area (Å²) in [5.41, 5.74) is 1.25. The maximum atomic E-state index is 11.7. The predicted octanol–water partition coefficient (Wildman–Crippen LogP) is 2.26. The summed E-state index contributed by atoms with van der Waals surface area (Å²) in [6.07, 6.45) is 0.643. The van der Waals surface area contributed by atoms with E-state index < -0.39 is 6.04 Å². The normalized spacial score (nSPS) is 11.8. The fourth-order valence-electron chi connectivity index (χ4n) is 1.81. The van der Waals surface area contributed by atoms with Crippen LogP contribution in [0.2, 0.25) is 0 Å². The Morgan fingerprint density at radius 1 is 1.53 bits per heavy atom. The number of carbonyl (C=O) groups excluding carboxylic acids is 1. The van der Waals surface area contributed by atoms with Gasteiger partial charge in [-0.1, -0.05) is 13.8 Å². The van der Waals surface area contributed by atoms with Crippen LogP contribution in [0.5, 0.6) is 0 Å². The highest BCUT2D eigenvalue weighted by molar-refractivity contribution is 5.78. The number of aromatic nitrogens is 1. The SMILES string of the molecule is COC(=O)C(CC(C)C)Nc1cc(C#N)cc(C)n1. The number of nitrogens with zero attached hydrogens (tertiary/aromatic N) is 2. The number of esters is 1. The van der Waals surface area contributed by atoms with Crippen molar-refractivity contribution >= 4 is 11.8 Å². The molecule has 0 saturated heterocycles. The number of rotatable bonds is 5. The number of pyridine rings is 1. The van der Waals surface area contributed by atoms with Crippen LogP contribution in [0, 0.1) is 24.2 Å². The average molecular weight is 261 g/mol. The van der Waals surface area contributed by atoms with Crippen molar-refractivity contribution in [2.45, 2.75) is 33.2 Å². The summed E-state index contributed by atoms with van der Waals surface area (Å²) in [5.74, 6) is 0.542. The summed E-state index contributed by atoms with van der Waals surface area (Å²) in [7, 11) is 1.36. The second-order valence-corrected chi connectivity index (χ2v) is 4.84. The molecule has 0 saturated carbocycles. The highest BCUT2D eigenvalue weighted by Gasteiger charge is 2.20. The van der Waals surface area contributed by atoms with E-state index >= 15 is 0 Å². The monoisotopic (exact) mass is 261 g/mol. The summed E-state index contributed by atoms with van der Waals surface area (Å²) < 4.78 is 4.78. The van der Waals surface area contributed by atoms with Crippen LogP contribution in [-0.4, -0.2) is 24.1 Å². The van der Waals surface area contributed by atoms with Gasteiger partial charge < -0.3 is 10.1 Å². The van der Waals surface area contributed by atoms with E-state index in [2.05, 4.69) is 16.4 Å². The zero-order valence-electron chi connectivity index (χ0n) is 11.7. The van der Waals surface area contributed by atoms with Crippen molar-refractivity contribution in [1.82, 2.24) is 4.98 Å². The Bertz CT molecular complexity index is 492. The lowest BCUT2D eigenvalue weighted by Crippen LogP contribution is -2.32. The van der Waals surface area contributed by atoms with Gasteiger partial charge in [0.15, 0.2) is 0 Å². The average Bonchev–Trinajstić information content (AvgIpc) is 2.35. The molecule has 0 radical (unpaired) electrons. The molecule has 1 aromatic rings. The van der Waals surface area contributed by atoms with E-state index in [1.54, 1.807) is 12.1 Å². The summed E-state index contributed by atoms with van der Waals surface area (Å²) in [6, 6.07) is 4.94. The number of anilines is 1. The summed E-state index contributed by atoms with van der Waals surface area (Å²) in [6.45, 7) is 5.87. The molecule has 1 atom stereocenters. The lowest BCUT2D eigenvalue weighted by molar-refractivity contribution is -0.141. The zero-order valence-corrected chi connectivity index (χ0v) is 11.7. The molecule has 1 N–H and O–H groups in total. The smallest absolute Gasteiger partial charge is 0.328 e. The van der Waals surface area contributed by atoms with E-state index in [0.29, 0.717) is 23.7 Å². The highest BCUT2D eigenvalue weighted by Crippen LogP contribution is 2.15. The van der Waals surface area contributed by atoms with Gasteiger partial charge in [0, 0.05) is 5.69 Å². The fraction of sp³-hybridized carbons (Fsp3) is 0.500. The summed E-state index contributed by atoms with van der Waals surface area (Å²) in [4.78, 5) is 16.0. The number of aryl methyl sites for hydroxylation is 1. The molecule has 1 rings (SSSR count). The van der Waals surface area contributed by atoms with Gasteiger partial charge >= 0.3 is 5.97 Å². The number of carbonyl (C=O) groups is 1. The Morgan fingerprint density at radius 3 is 2.74 bits per heavy atom. The molecule has 0 aromatic carbocycles. The van der Waals surface area contributed by atoms with E-state index in [9.17, 15) is 4.79 Å². The van der Waals surface area contributed by atoms with Gasteiger partial charge in [-0.2, -0.15) is 5.26 Å². The van der Waals surface area contributed by atoms with Crippen LogP contribution in [0.3, 0.4) is 0 Å². The lowest BCUT2D eigenvalue weighted by Gasteiger charge is -2.19. The molecule has 1 unspecified atom stereocenters. The molecule has 1 aromatic heterocycles. The third kappa shape index (κ3) is 4.59. The van der Waals surface area contributed by atoms with Crippen LogP contribution in [0.25, 0.3) is 0 Å². The van der Waals surface area contributed by atoms with Gasteiger partial charge in [-0.15, -0.1) is 0 Å². The molecule has 5 heteroatoms. The van der Waals surface area contributed by atoms with Gasteiger partial charge in [0.1, 0.15) is 11.9 Å². The third-order valence-corrected chi connectivity index (χ3v) is 2.60. The first-order chi connectivity index (χ1) is 8.96. The topological polar surface area (TPSA) is 75.0 Å². The molecular weight excluding hydrogens is 242 g/mol. The van der Waals surface area contributed by atoms with Gasteiger partial charge in [0.2, 0.25) is 0 Å². The van der Waals surface area contributed by atoms with Crippen LogP contribution in [0.15, 0.2) is 12.1 Å². The predicted molar refractivity (Wildman–Crippen MR) is 72.6 cm³/mol. The van der Waals surface area contributed by atoms with E-state index in [0.717, 1.165) is 5.69 Å². The van der Waals surface area contributed by atoms with Crippen molar-refractivity contribution in [2.24, 2.45) is 5.92 Å². The maximum absolute atomic E-state index is 11.7. The maximum Gasteiger partial charge on any atom is 0.328 e. The molecule has 19 heavy (non-hydrogen) atoms. The van der Waals surface area contributed by atoms with Crippen LogP contribution >= 0.6 is 0 Å². The Morgan fingerprint density at radius 2 is 2.21 bits per heavy atom. The van der Waals surface area contributed by atoms with E-state index in [4.69, 9.17) is 10.00 Å². The molecule has 1 heterocycles. The van der Waals surface area contributed by atoms with Crippen LogP contribution in [-0.2, 0) is 9.53 Å². The Balaban J connectivity index is 2.93. The largest absolute Gasteiger partial charge is 0.467 e. The van der Waals surface area contributed by atoms with Crippen LogP contribution in [0.4, 0.5) is 5.82 Å². The molecule has 0 amide bonds. The van der Waals surface area contributed by atoms with Gasteiger partial charge in [-0.05, 0) is 31.4 Å². The molecule has 0 bridgehead atoms. The van der Waals surface area contributed by atoms with Gasteiger partial charge in [0.25, 0.3) is 0 Å². The van der Waals surface area contributed by atoms with E-state index in [1.165, 1.54) is 7.11 Å². The van der Waals surface area contributed by atoms with E-state index in [1.807, 2.05) is 20.8 Å². The van der Waals surface area contributed by atoms with Gasteiger partial charge in [-0.25, -0.2) is 9.78 Å². The standard InChI is InChI=1S/C14H19N3O2/c1-9(2)5-12(14(18)19-4)17-13-7-11(8-15)6-10(3)16-13/h6-7,9,12H,5H2,1-4H3,(H,16,17). The van der Waals surface area contributed by atoms with Crippen LogP contribution < -0.4 is 5.32 Å². The molecule has 0 fully saturated rings. The lowest BCUT2D eigenvalue weighted by atomic mass is 10.0. The van der Waals surface area contributed by atoms with Crippen molar-refractivity contribution in [3.63, 3.8) is 0 Å².